The second-order valence-corrected chi connectivity index (χ2v) is 8.19. The molecule has 36 heavy (non-hydrogen) atoms. The standard InChI is InChI=1S/C24H14ClF3N6O2/c1-11-14(9-15-16(32-11)6-8-31-22(15)25)20-19(23(29)36)21(24(26,27)28)34(33-20)18-4-2-3-12-13(18)5-7-30-17(12)10-35/h2-9,30H,1H3,(H2,29,36). The Bertz CT molecular complexity index is 1670. The van der Waals surface area contributed by atoms with Crippen LogP contribution in [0.3, 0.4) is 0 Å². The van der Waals surface area contributed by atoms with E-state index >= 15 is 0 Å². The number of carbonyl (C=O) groups excluding carboxylic acids is 2. The Morgan fingerprint density at radius 2 is 2.00 bits per heavy atom. The number of aryl methyl sites for hydroxylation is 1. The molecule has 180 valence electrons. The van der Waals surface area contributed by atoms with Gasteiger partial charge < -0.3 is 11.1 Å². The van der Waals surface area contributed by atoms with Crippen molar-refractivity contribution in [3.05, 3.63) is 76.0 Å². The topological polar surface area (TPSA) is 116 Å². The number of fused-ring (bicyclic) bond motifs is 2. The van der Waals surface area contributed by atoms with Crippen LogP contribution in [0.5, 0.6) is 0 Å². The van der Waals surface area contributed by atoms with Crippen molar-refractivity contribution < 1.29 is 22.8 Å². The molecule has 0 radical (unpaired) electrons. The van der Waals surface area contributed by atoms with Gasteiger partial charge in [0.15, 0.2) is 11.6 Å². The van der Waals surface area contributed by atoms with E-state index in [0.717, 1.165) is 0 Å². The van der Waals surface area contributed by atoms with Gasteiger partial charge in [-0.05, 0) is 31.2 Å². The summed E-state index contributed by atoms with van der Waals surface area (Å²) in [6, 6.07) is 7.48. The predicted molar refractivity (Wildman–Crippen MR) is 127 cm³/mol. The number of amides is 1. The van der Waals surface area contributed by atoms with Crippen LogP contribution in [0.1, 0.15) is 32.9 Å². The lowest BCUT2D eigenvalue weighted by Gasteiger charge is -2.18. The van der Waals surface area contributed by atoms with Crippen LogP contribution in [0.2, 0.25) is 5.15 Å². The second-order valence-electron chi connectivity index (χ2n) is 7.83. The molecule has 3 aromatic heterocycles. The monoisotopic (exact) mass is 510 g/mol. The fourth-order valence-corrected chi connectivity index (χ4v) is 4.38. The summed E-state index contributed by atoms with van der Waals surface area (Å²) in [5, 5.41) is 7.37. The van der Waals surface area contributed by atoms with Gasteiger partial charge in [-0.3, -0.25) is 9.78 Å². The van der Waals surface area contributed by atoms with E-state index in [-0.39, 0.29) is 33.4 Å². The van der Waals surface area contributed by atoms with Crippen LogP contribution in [0, 0.1) is 6.92 Å². The smallest absolute Gasteiger partial charge is 0.365 e. The van der Waals surface area contributed by atoms with Crippen LogP contribution in [-0.2, 0) is 11.0 Å². The highest BCUT2D eigenvalue weighted by Crippen LogP contribution is 2.41. The highest BCUT2D eigenvalue weighted by molar-refractivity contribution is 6.34. The first kappa shape index (κ1) is 23.3. The fraction of sp³-hybridized carbons (Fsp3) is 0.0833. The Morgan fingerprint density at radius 1 is 1.22 bits per heavy atom. The van der Waals surface area contributed by atoms with E-state index in [1.54, 1.807) is 25.0 Å². The summed E-state index contributed by atoms with van der Waals surface area (Å²) in [5.41, 5.74) is 4.49. The van der Waals surface area contributed by atoms with Gasteiger partial charge in [0.05, 0.1) is 16.8 Å². The molecule has 4 aromatic rings. The van der Waals surface area contributed by atoms with Crippen LogP contribution in [0.25, 0.3) is 39.6 Å². The Hall–Kier alpha value is -4.47. The molecule has 0 saturated carbocycles. The van der Waals surface area contributed by atoms with Crippen molar-refractivity contribution in [1.29, 1.82) is 0 Å². The summed E-state index contributed by atoms with van der Waals surface area (Å²) in [7, 11) is 0. The van der Waals surface area contributed by atoms with Gasteiger partial charge in [0.1, 0.15) is 16.5 Å². The molecule has 12 heteroatoms. The molecule has 0 fully saturated rings. The minimum absolute atomic E-state index is 0.0230. The SMILES string of the molecule is Cc1nc2ccnc(Cl)c2cc1-c1nn(-c2cccc3c2C=CNC3=C=O)c(C(F)(F)F)c1C(N)=O. The van der Waals surface area contributed by atoms with Gasteiger partial charge >= 0.3 is 6.18 Å². The van der Waals surface area contributed by atoms with Crippen LogP contribution < -0.4 is 11.1 Å². The predicted octanol–water partition coefficient (Wildman–Crippen LogP) is 4.31. The molecule has 0 bridgehead atoms. The summed E-state index contributed by atoms with van der Waals surface area (Å²) >= 11 is 6.19. The minimum atomic E-state index is -5.02. The molecule has 0 saturated heterocycles. The van der Waals surface area contributed by atoms with E-state index < -0.39 is 23.3 Å². The van der Waals surface area contributed by atoms with Gasteiger partial charge in [-0.15, -0.1) is 0 Å². The third-order valence-electron chi connectivity index (χ3n) is 5.70. The van der Waals surface area contributed by atoms with Gasteiger partial charge in [-0.25, -0.2) is 14.5 Å². The number of halogens is 4. The molecule has 8 nitrogen and oxygen atoms in total. The lowest BCUT2D eigenvalue weighted by molar-refractivity contribution is -0.143. The Kier molecular flexibility index (Phi) is 5.39. The number of hydrogen-bond acceptors (Lipinski definition) is 6. The Morgan fingerprint density at radius 3 is 2.69 bits per heavy atom. The lowest BCUT2D eigenvalue weighted by atomic mass is 10.00. The fourth-order valence-electron chi connectivity index (χ4n) is 4.18. The normalized spacial score (nSPS) is 12.9. The summed E-state index contributed by atoms with van der Waals surface area (Å²) in [6.07, 6.45) is -0.683. The number of pyridine rings is 2. The molecule has 5 rings (SSSR count). The quantitative estimate of drug-likeness (QED) is 0.313. The van der Waals surface area contributed by atoms with Crippen molar-refractivity contribution in [1.82, 2.24) is 25.1 Å². The molecule has 0 unspecified atom stereocenters. The molecule has 1 aliphatic rings. The van der Waals surface area contributed by atoms with Gasteiger partial charge in [-0.2, -0.15) is 18.3 Å². The Labute approximate surface area is 205 Å². The number of alkyl halides is 3. The number of nitrogens with one attached hydrogen (secondary N) is 1. The maximum Gasteiger partial charge on any atom is 0.434 e. The van der Waals surface area contributed by atoms with E-state index in [1.807, 2.05) is 0 Å². The molecule has 1 aromatic carbocycles. The average molecular weight is 511 g/mol. The zero-order valence-corrected chi connectivity index (χ0v) is 19.1. The molecule has 1 aliphatic heterocycles. The maximum absolute atomic E-state index is 14.5. The zero-order valence-electron chi connectivity index (χ0n) is 18.3. The first-order valence-electron chi connectivity index (χ1n) is 10.4. The molecule has 1 amide bonds. The molecular weight excluding hydrogens is 497 g/mol. The first-order chi connectivity index (χ1) is 17.1. The van der Waals surface area contributed by atoms with Crippen molar-refractivity contribution in [3.63, 3.8) is 0 Å². The number of nitrogens with zero attached hydrogens (tertiary/aromatic N) is 4. The number of rotatable bonds is 3. The van der Waals surface area contributed by atoms with Gasteiger partial charge in [-0.1, -0.05) is 23.7 Å². The largest absolute Gasteiger partial charge is 0.434 e. The molecular formula is C24H14ClF3N6O2. The highest BCUT2D eigenvalue weighted by atomic mass is 35.5. The zero-order chi connectivity index (χ0) is 25.8. The van der Waals surface area contributed by atoms with E-state index in [0.29, 0.717) is 26.8 Å². The van der Waals surface area contributed by atoms with Crippen molar-refractivity contribution in [2.24, 2.45) is 5.73 Å². The highest BCUT2D eigenvalue weighted by Gasteiger charge is 2.43. The molecule has 3 N–H and O–H groups in total. The summed E-state index contributed by atoms with van der Waals surface area (Å²) in [6.45, 7) is 1.57. The summed E-state index contributed by atoms with van der Waals surface area (Å²) < 4.78 is 44.0. The molecule has 4 heterocycles. The molecule has 0 spiro atoms. The van der Waals surface area contributed by atoms with Crippen LogP contribution in [0.15, 0.2) is 42.7 Å². The number of carbonyl (C=O) groups is 1. The van der Waals surface area contributed by atoms with Crippen LogP contribution in [0.4, 0.5) is 13.2 Å². The lowest BCUT2D eigenvalue weighted by Crippen LogP contribution is -2.22. The number of hydrogen-bond donors (Lipinski definition) is 2. The molecule has 0 atom stereocenters. The number of primary amides is 1. The average Bonchev–Trinajstić information content (AvgIpc) is 3.24. The summed E-state index contributed by atoms with van der Waals surface area (Å²) in [4.78, 5) is 32.2. The number of aromatic nitrogens is 4. The summed E-state index contributed by atoms with van der Waals surface area (Å²) in [5.74, 6) is 0.402. The third kappa shape index (κ3) is 3.62. The van der Waals surface area contributed by atoms with E-state index in [4.69, 9.17) is 17.3 Å². The van der Waals surface area contributed by atoms with Crippen molar-refractivity contribution in [2.75, 3.05) is 0 Å². The van der Waals surface area contributed by atoms with Crippen LogP contribution >= 0.6 is 11.6 Å². The van der Waals surface area contributed by atoms with Crippen LogP contribution in [-0.4, -0.2) is 31.6 Å². The van der Waals surface area contributed by atoms with Gasteiger partial charge in [0.2, 0.25) is 0 Å². The maximum atomic E-state index is 14.5. The van der Waals surface area contributed by atoms with E-state index in [2.05, 4.69) is 20.4 Å². The third-order valence-corrected chi connectivity index (χ3v) is 6.00. The van der Waals surface area contributed by atoms with E-state index in [1.165, 1.54) is 36.7 Å². The van der Waals surface area contributed by atoms with Crippen molar-refractivity contribution in [3.8, 4) is 16.9 Å². The van der Waals surface area contributed by atoms with E-state index in [9.17, 15) is 22.8 Å². The van der Waals surface area contributed by atoms with Crippen molar-refractivity contribution >= 4 is 46.1 Å². The second kappa shape index (κ2) is 8.33. The van der Waals surface area contributed by atoms with Gasteiger partial charge in [0, 0.05) is 40.2 Å². The number of benzene rings is 1. The number of nitrogens with two attached hydrogens (primary N) is 1. The first-order valence-corrected chi connectivity index (χ1v) is 10.7. The van der Waals surface area contributed by atoms with Crippen molar-refractivity contribution in [2.45, 2.75) is 13.1 Å². The molecule has 0 aliphatic carbocycles. The Balaban J connectivity index is 1.88. The van der Waals surface area contributed by atoms with Gasteiger partial charge in [0.25, 0.3) is 5.91 Å². The minimum Gasteiger partial charge on any atom is -0.365 e.